The summed E-state index contributed by atoms with van der Waals surface area (Å²) in [4.78, 5) is 2.85. The Morgan fingerprint density at radius 1 is 1.05 bits per heavy atom. The summed E-state index contributed by atoms with van der Waals surface area (Å²) in [5, 5.41) is 3.86. The molecule has 2 rings (SSSR count). The smallest absolute Gasteiger partial charge is 0.0249 e. The van der Waals surface area contributed by atoms with E-state index >= 15 is 0 Å². The van der Waals surface area contributed by atoms with Gasteiger partial charge in [-0.2, -0.15) is 0 Å². The minimum atomic E-state index is 0.627. The van der Waals surface area contributed by atoms with Crippen molar-refractivity contribution in [2.45, 2.75) is 90.6 Å². The van der Waals surface area contributed by atoms with Gasteiger partial charge in [-0.15, -0.1) is 0 Å². The SMILES string of the molecule is CCCNC1CCCCCC1N1CCC(CC)(CC)C1. The average Bonchev–Trinajstić information content (AvgIpc) is 2.78. The molecule has 1 saturated carbocycles. The lowest BCUT2D eigenvalue weighted by Crippen LogP contribution is -2.49. The maximum atomic E-state index is 3.86. The molecule has 0 spiro atoms. The summed E-state index contributed by atoms with van der Waals surface area (Å²) in [6.07, 6.45) is 12.5. The van der Waals surface area contributed by atoms with Crippen LogP contribution in [0.2, 0.25) is 0 Å². The summed E-state index contributed by atoms with van der Waals surface area (Å²) in [5.74, 6) is 0. The summed E-state index contributed by atoms with van der Waals surface area (Å²) in [6, 6.07) is 1.56. The number of nitrogens with zero attached hydrogens (tertiary/aromatic N) is 1. The molecule has 118 valence electrons. The largest absolute Gasteiger partial charge is 0.312 e. The molecule has 1 N–H and O–H groups in total. The Hall–Kier alpha value is -0.0800. The molecule has 0 aromatic carbocycles. The highest BCUT2D eigenvalue weighted by atomic mass is 15.2. The molecule has 2 atom stereocenters. The number of hydrogen-bond acceptors (Lipinski definition) is 2. The van der Waals surface area contributed by atoms with Crippen LogP contribution >= 0.6 is 0 Å². The van der Waals surface area contributed by atoms with Gasteiger partial charge < -0.3 is 5.32 Å². The van der Waals surface area contributed by atoms with Crippen LogP contribution in [0.4, 0.5) is 0 Å². The maximum absolute atomic E-state index is 3.86. The lowest BCUT2D eigenvalue weighted by molar-refractivity contribution is 0.153. The zero-order valence-electron chi connectivity index (χ0n) is 14.1. The topological polar surface area (TPSA) is 15.3 Å². The van der Waals surface area contributed by atoms with Gasteiger partial charge in [0.15, 0.2) is 0 Å². The molecule has 2 unspecified atom stereocenters. The first-order chi connectivity index (χ1) is 9.74. The van der Waals surface area contributed by atoms with Gasteiger partial charge in [0.05, 0.1) is 0 Å². The van der Waals surface area contributed by atoms with Gasteiger partial charge >= 0.3 is 0 Å². The summed E-state index contributed by atoms with van der Waals surface area (Å²) in [6.45, 7) is 11.0. The Labute approximate surface area is 126 Å². The summed E-state index contributed by atoms with van der Waals surface area (Å²) in [7, 11) is 0. The molecule has 0 aromatic rings. The lowest BCUT2D eigenvalue weighted by Gasteiger charge is -2.36. The zero-order chi connectivity index (χ0) is 14.4. The van der Waals surface area contributed by atoms with Crippen LogP contribution in [-0.2, 0) is 0 Å². The van der Waals surface area contributed by atoms with Crippen molar-refractivity contribution in [3.05, 3.63) is 0 Å². The average molecular weight is 280 g/mol. The van der Waals surface area contributed by atoms with Crippen LogP contribution in [0.3, 0.4) is 0 Å². The molecule has 1 aliphatic heterocycles. The van der Waals surface area contributed by atoms with Crippen LogP contribution in [0.5, 0.6) is 0 Å². The Kier molecular flexibility index (Phi) is 6.35. The molecule has 2 nitrogen and oxygen atoms in total. The molecule has 0 radical (unpaired) electrons. The van der Waals surface area contributed by atoms with E-state index in [1.807, 2.05) is 0 Å². The lowest BCUT2D eigenvalue weighted by atomic mass is 9.82. The highest BCUT2D eigenvalue weighted by Gasteiger charge is 2.39. The van der Waals surface area contributed by atoms with E-state index in [0.29, 0.717) is 5.41 Å². The van der Waals surface area contributed by atoms with Crippen molar-refractivity contribution in [1.82, 2.24) is 10.2 Å². The quantitative estimate of drug-likeness (QED) is 0.734. The second-order valence-corrected chi connectivity index (χ2v) is 7.19. The molecule has 1 saturated heterocycles. The molecule has 0 aromatic heterocycles. The first kappa shape index (κ1) is 16.3. The van der Waals surface area contributed by atoms with Gasteiger partial charge in [0.2, 0.25) is 0 Å². The minimum absolute atomic E-state index is 0.627. The summed E-state index contributed by atoms with van der Waals surface area (Å²) < 4.78 is 0. The summed E-state index contributed by atoms with van der Waals surface area (Å²) in [5.41, 5.74) is 0.627. The minimum Gasteiger partial charge on any atom is -0.312 e. The van der Waals surface area contributed by atoms with Gasteiger partial charge in [-0.1, -0.05) is 40.0 Å². The maximum Gasteiger partial charge on any atom is 0.0249 e. The predicted octanol–water partition coefficient (Wildman–Crippen LogP) is 4.20. The zero-order valence-corrected chi connectivity index (χ0v) is 14.1. The molecule has 2 heteroatoms. The first-order valence-corrected chi connectivity index (χ1v) is 9.22. The van der Waals surface area contributed by atoms with Crippen LogP contribution in [0.15, 0.2) is 0 Å². The standard InChI is InChI=1S/C18H36N2/c1-4-13-19-16-10-8-7-9-11-17(16)20-14-12-18(5-2,6-3)15-20/h16-17,19H,4-15H2,1-3H3. The number of rotatable bonds is 6. The van der Waals surface area contributed by atoms with Gasteiger partial charge in [0.1, 0.15) is 0 Å². The fourth-order valence-electron chi connectivity index (χ4n) is 4.37. The van der Waals surface area contributed by atoms with Crippen LogP contribution in [0.1, 0.15) is 78.6 Å². The van der Waals surface area contributed by atoms with Crippen molar-refractivity contribution in [3.8, 4) is 0 Å². The van der Waals surface area contributed by atoms with Gasteiger partial charge in [0.25, 0.3) is 0 Å². The van der Waals surface area contributed by atoms with Gasteiger partial charge in [-0.25, -0.2) is 0 Å². The Balaban J connectivity index is 2.00. The first-order valence-electron chi connectivity index (χ1n) is 9.22. The van der Waals surface area contributed by atoms with E-state index < -0.39 is 0 Å². The highest BCUT2D eigenvalue weighted by Crippen LogP contribution is 2.39. The molecule has 2 fully saturated rings. The normalized spacial score (nSPS) is 31.4. The molecule has 0 bridgehead atoms. The molecule has 2 aliphatic rings. The highest BCUT2D eigenvalue weighted by molar-refractivity contribution is 4.95. The predicted molar refractivity (Wildman–Crippen MR) is 88.2 cm³/mol. The molecular weight excluding hydrogens is 244 g/mol. The van der Waals surface area contributed by atoms with Crippen molar-refractivity contribution in [3.63, 3.8) is 0 Å². The fourth-order valence-corrected chi connectivity index (χ4v) is 4.37. The van der Waals surface area contributed by atoms with E-state index in [9.17, 15) is 0 Å². The van der Waals surface area contributed by atoms with Crippen molar-refractivity contribution in [2.75, 3.05) is 19.6 Å². The van der Waals surface area contributed by atoms with Crippen LogP contribution in [-0.4, -0.2) is 36.6 Å². The molecule has 20 heavy (non-hydrogen) atoms. The molecule has 1 heterocycles. The Morgan fingerprint density at radius 2 is 1.80 bits per heavy atom. The third-order valence-corrected chi connectivity index (χ3v) is 6.07. The monoisotopic (exact) mass is 280 g/mol. The van der Waals surface area contributed by atoms with Crippen LogP contribution in [0.25, 0.3) is 0 Å². The Morgan fingerprint density at radius 3 is 2.45 bits per heavy atom. The van der Waals surface area contributed by atoms with E-state index in [2.05, 4.69) is 31.0 Å². The number of hydrogen-bond donors (Lipinski definition) is 1. The second kappa shape index (κ2) is 7.79. The van der Waals surface area contributed by atoms with E-state index in [1.54, 1.807) is 0 Å². The van der Waals surface area contributed by atoms with E-state index in [1.165, 1.54) is 77.4 Å². The molecule has 0 amide bonds. The Bertz CT molecular complexity index is 273. The number of nitrogens with one attached hydrogen (secondary N) is 1. The molecular formula is C18H36N2. The van der Waals surface area contributed by atoms with Gasteiger partial charge in [-0.3, -0.25) is 4.90 Å². The van der Waals surface area contributed by atoms with Crippen molar-refractivity contribution in [2.24, 2.45) is 5.41 Å². The summed E-state index contributed by atoms with van der Waals surface area (Å²) >= 11 is 0. The van der Waals surface area contributed by atoms with Crippen molar-refractivity contribution < 1.29 is 0 Å². The fraction of sp³-hybridized carbons (Fsp3) is 1.00. The van der Waals surface area contributed by atoms with E-state index in [0.717, 1.165) is 12.1 Å². The number of likely N-dealkylation sites (tertiary alicyclic amines) is 1. The van der Waals surface area contributed by atoms with Crippen molar-refractivity contribution in [1.29, 1.82) is 0 Å². The molecule has 1 aliphatic carbocycles. The third-order valence-electron chi connectivity index (χ3n) is 6.07. The van der Waals surface area contributed by atoms with Crippen molar-refractivity contribution >= 4 is 0 Å². The van der Waals surface area contributed by atoms with Gasteiger partial charge in [0, 0.05) is 18.6 Å². The van der Waals surface area contributed by atoms with E-state index in [-0.39, 0.29) is 0 Å². The van der Waals surface area contributed by atoms with Crippen LogP contribution in [0, 0.1) is 5.41 Å². The van der Waals surface area contributed by atoms with Gasteiger partial charge in [-0.05, 0) is 57.0 Å². The van der Waals surface area contributed by atoms with Crippen LogP contribution < -0.4 is 5.32 Å². The van der Waals surface area contributed by atoms with E-state index in [4.69, 9.17) is 0 Å². The third kappa shape index (κ3) is 3.76. The second-order valence-electron chi connectivity index (χ2n) is 7.19.